The number of ether oxygens (including phenoxy) is 1. The van der Waals surface area contributed by atoms with E-state index in [1.807, 2.05) is 14.1 Å². The van der Waals surface area contributed by atoms with Gasteiger partial charge < -0.3 is 9.64 Å². The first-order chi connectivity index (χ1) is 7.54. The average Bonchev–Trinajstić information content (AvgIpc) is 2.21. The van der Waals surface area contributed by atoms with Gasteiger partial charge in [-0.2, -0.15) is 5.10 Å². The summed E-state index contributed by atoms with van der Waals surface area (Å²) in [5, 5.41) is 3.88. The molecule has 88 valence electrons. The van der Waals surface area contributed by atoms with Crippen molar-refractivity contribution in [3.05, 3.63) is 22.6 Å². The van der Waals surface area contributed by atoms with Gasteiger partial charge in [0.15, 0.2) is 0 Å². The lowest BCUT2D eigenvalue weighted by molar-refractivity contribution is -0.144. The zero-order valence-electron chi connectivity index (χ0n) is 9.64. The minimum Gasteiger partial charge on any atom is -0.465 e. The smallest absolute Gasteiger partial charge is 0.327 e. The summed E-state index contributed by atoms with van der Waals surface area (Å²) in [5.74, 6) is -0.463. The molecule has 0 aliphatic heterocycles. The maximum atomic E-state index is 11.6. The van der Waals surface area contributed by atoms with Gasteiger partial charge in [-0.15, -0.1) is 0 Å². The number of esters is 1. The third-order valence-electron chi connectivity index (χ3n) is 1.96. The number of aromatic nitrogens is 2. The highest BCUT2D eigenvalue weighted by molar-refractivity contribution is 5.68. The Labute approximate surface area is 93.4 Å². The van der Waals surface area contributed by atoms with Crippen LogP contribution in [0.5, 0.6) is 0 Å². The predicted molar refractivity (Wildman–Crippen MR) is 59.5 cm³/mol. The summed E-state index contributed by atoms with van der Waals surface area (Å²) in [6.07, 6.45) is 1.53. The van der Waals surface area contributed by atoms with Gasteiger partial charge in [0, 0.05) is 20.2 Å². The van der Waals surface area contributed by atoms with Gasteiger partial charge in [0.05, 0.1) is 18.5 Å². The van der Waals surface area contributed by atoms with Crippen LogP contribution in [0.2, 0.25) is 0 Å². The van der Waals surface area contributed by atoms with Crippen molar-refractivity contribution in [1.29, 1.82) is 0 Å². The standard InChI is InChI=1S/C10H15N3O3/c1-4-16-10(15)7-13-9(14)5-8(6-11-13)12(2)3/h5-6H,4,7H2,1-3H3. The Kier molecular flexibility index (Phi) is 4.04. The van der Waals surface area contributed by atoms with E-state index in [1.165, 1.54) is 12.3 Å². The van der Waals surface area contributed by atoms with E-state index in [0.29, 0.717) is 12.3 Å². The molecule has 6 heteroatoms. The lowest BCUT2D eigenvalue weighted by Crippen LogP contribution is -2.28. The van der Waals surface area contributed by atoms with Gasteiger partial charge in [0.25, 0.3) is 5.56 Å². The monoisotopic (exact) mass is 225 g/mol. The summed E-state index contributed by atoms with van der Waals surface area (Å²) in [6, 6.07) is 1.42. The van der Waals surface area contributed by atoms with Crippen molar-refractivity contribution in [2.45, 2.75) is 13.5 Å². The topological polar surface area (TPSA) is 64.4 Å². The van der Waals surface area contributed by atoms with Gasteiger partial charge in [0.2, 0.25) is 0 Å². The second kappa shape index (κ2) is 5.29. The summed E-state index contributed by atoms with van der Waals surface area (Å²) < 4.78 is 5.80. The van der Waals surface area contributed by atoms with Crippen molar-refractivity contribution in [3.8, 4) is 0 Å². The van der Waals surface area contributed by atoms with Crippen molar-refractivity contribution in [3.63, 3.8) is 0 Å². The first-order valence-corrected chi connectivity index (χ1v) is 4.94. The van der Waals surface area contributed by atoms with Crippen LogP contribution >= 0.6 is 0 Å². The Balaban J connectivity index is 2.83. The molecule has 0 saturated heterocycles. The summed E-state index contributed by atoms with van der Waals surface area (Å²) in [6.45, 7) is 1.85. The Hall–Kier alpha value is -1.85. The van der Waals surface area contributed by atoms with E-state index >= 15 is 0 Å². The third-order valence-corrected chi connectivity index (χ3v) is 1.96. The molecular formula is C10H15N3O3. The van der Waals surface area contributed by atoms with E-state index in [2.05, 4.69) is 5.10 Å². The molecule has 1 rings (SSSR count). The molecule has 0 N–H and O–H groups in total. The molecule has 0 amide bonds. The highest BCUT2D eigenvalue weighted by atomic mass is 16.5. The SMILES string of the molecule is CCOC(=O)Cn1ncc(N(C)C)cc1=O. The van der Waals surface area contributed by atoms with E-state index in [-0.39, 0.29) is 12.1 Å². The van der Waals surface area contributed by atoms with Crippen molar-refractivity contribution in [2.75, 3.05) is 25.6 Å². The van der Waals surface area contributed by atoms with Crippen LogP contribution in [0.4, 0.5) is 5.69 Å². The van der Waals surface area contributed by atoms with Gasteiger partial charge in [-0.25, -0.2) is 4.68 Å². The Morgan fingerprint density at radius 3 is 2.75 bits per heavy atom. The minimum atomic E-state index is -0.463. The number of hydrogen-bond donors (Lipinski definition) is 0. The maximum Gasteiger partial charge on any atom is 0.327 e. The maximum absolute atomic E-state index is 11.6. The fourth-order valence-corrected chi connectivity index (χ4v) is 1.12. The number of rotatable bonds is 4. The lowest BCUT2D eigenvalue weighted by atomic mass is 10.4. The average molecular weight is 225 g/mol. The van der Waals surface area contributed by atoms with E-state index in [0.717, 1.165) is 4.68 Å². The molecule has 1 aromatic heterocycles. The molecule has 0 aliphatic carbocycles. The largest absolute Gasteiger partial charge is 0.465 e. The normalized spacial score (nSPS) is 9.94. The van der Waals surface area contributed by atoms with E-state index in [1.54, 1.807) is 11.8 Å². The fraction of sp³-hybridized carbons (Fsp3) is 0.500. The number of nitrogens with zero attached hydrogens (tertiary/aromatic N) is 3. The quantitative estimate of drug-likeness (QED) is 0.668. The van der Waals surface area contributed by atoms with Crippen LogP contribution in [-0.2, 0) is 16.1 Å². The Morgan fingerprint density at radius 1 is 1.56 bits per heavy atom. The highest BCUT2D eigenvalue weighted by Gasteiger charge is 2.07. The van der Waals surface area contributed by atoms with Gasteiger partial charge in [0.1, 0.15) is 6.54 Å². The van der Waals surface area contributed by atoms with E-state index < -0.39 is 5.97 Å². The fourth-order valence-electron chi connectivity index (χ4n) is 1.12. The lowest BCUT2D eigenvalue weighted by Gasteiger charge is -2.11. The van der Waals surface area contributed by atoms with Crippen LogP contribution in [-0.4, -0.2) is 36.5 Å². The van der Waals surface area contributed by atoms with Crippen LogP contribution in [0.3, 0.4) is 0 Å². The zero-order chi connectivity index (χ0) is 12.1. The van der Waals surface area contributed by atoms with Crippen LogP contribution in [0.25, 0.3) is 0 Å². The molecule has 0 aliphatic rings. The Bertz CT molecular complexity index is 426. The molecule has 6 nitrogen and oxygen atoms in total. The summed E-state index contributed by atoms with van der Waals surface area (Å²) >= 11 is 0. The summed E-state index contributed by atoms with van der Waals surface area (Å²) in [4.78, 5) is 24.5. The molecular weight excluding hydrogens is 210 g/mol. The molecule has 0 fully saturated rings. The van der Waals surface area contributed by atoms with Crippen LogP contribution in [0.15, 0.2) is 17.1 Å². The molecule has 0 aromatic carbocycles. The second-order valence-electron chi connectivity index (χ2n) is 3.41. The molecule has 0 unspecified atom stereocenters. The van der Waals surface area contributed by atoms with Gasteiger partial charge >= 0.3 is 5.97 Å². The molecule has 16 heavy (non-hydrogen) atoms. The van der Waals surface area contributed by atoms with Gasteiger partial charge in [-0.1, -0.05) is 0 Å². The van der Waals surface area contributed by atoms with Crippen molar-refractivity contribution in [1.82, 2.24) is 9.78 Å². The number of anilines is 1. The number of hydrogen-bond acceptors (Lipinski definition) is 5. The highest BCUT2D eigenvalue weighted by Crippen LogP contribution is 2.03. The molecule has 0 bridgehead atoms. The summed E-state index contributed by atoms with van der Waals surface area (Å²) in [7, 11) is 3.62. The number of carbonyl (C=O) groups excluding carboxylic acids is 1. The molecule has 1 heterocycles. The predicted octanol–water partition coefficient (Wildman–Crippen LogP) is -0.128. The Morgan fingerprint density at radius 2 is 2.25 bits per heavy atom. The van der Waals surface area contributed by atoms with Crippen molar-refractivity contribution < 1.29 is 9.53 Å². The van der Waals surface area contributed by atoms with Crippen molar-refractivity contribution >= 4 is 11.7 Å². The second-order valence-corrected chi connectivity index (χ2v) is 3.41. The minimum absolute atomic E-state index is 0.152. The summed E-state index contributed by atoms with van der Waals surface area (Å²) in [5.41, 5.74) is 0.379. The molecule has 0 atom stereocenters. The van der Waals surface area contributed by atoms with Crippen LogP contribution in [0.1, 0.15) is 6.92 Å². The van der Waals surface area contributed by atoms with E-state index in [9.17, 15) is 9.59 Å². The molecule has 0 spiro atoms. The zero-order valence-corrected chi connectivity index (χ0v) is 9.64. The first kappa shape index (κ1) is 12.2. The molecule has 1 aromatic rings. The molecule has 0 radical (unpaired) electrons. The molecule has 0 saturated carbocycles. The van der Waals surface area contributed by atoms with Gasteiger partial charge in [-0.3, -0.25) is 9.59 Å². The van der Waals surface area contributed by atoms with Gasteiger partial charge in [-0.05, 0) is 6.92 Å². The van der Waals surface area contributed by atoms with Crippen molar-refractivity contribution in [2.24, 2.45) is 0 Å². The van der Waals surface area contributed by atoms with E-state index in [4.69, 9.17) is 4.74 Å². The number of carbonyl (C=O) groups is 1. The first-order valence-electron chi connectivity index (χ1n) is 4.94. The van der Waals surface area contributed by atoms with Crippen LogP contribution < -0.4 is 10.5 Å². The van der Waals surface area contributed by atoms with Crippen LogP contribution in [0, 0.1) is 0 Å². The third kappa shape index (κ3) is 3.08.